The largest absolute Gasteiger partial charge is 0.489 e. The highest BCUT2D eigenvalue weighted by Crippen LogP contribution is 2.24. The lowest BCUT2D eigenvalue weighted by Gasteiger charge is -2.13. The van der Waals surface area contributed by atoms with Crippen LogP contribution in [0.25, 0.3) is 0 Å². The molecule has 0 fully saturated rings. The summed E-state index contributed by atoms with van der Waals surface area (Å²) in [6.07, 6.45) is 1.61. The van der Waals surface area contributed by atoms with Gasteiger partial charge in [0.15, 0.2) is 0 Å². The highest BCUT2D eigenvalue weighted by atomic mass is 16.5. The fourth-order valence-electron chi connectivity index (χ4n) is 1.77. The van der Waals surface area contributed by atoms with Crippen molar-refractivity contribution in [2.75, 3.05) is 0 Å². The van der Waals surface area contributed by atoms with Crippen LogP contribution < -0.4 is 10.5 Å². The Morgan fingerprint density at radius 2 is 2.16 bits per heavy atom. The van der Waals surface area contributed by atoms with Gasteiger partial charge in [-0.2, -0.15) is 5.26 Å². The van der Waals surface area contributed by atoms with Crippen molar-refractivity contribution in [1.82, 2.24) is 4.98 Å². The molecular weight excluding hydrogens is 238 g/mol. The molecule has 1 atom stereocenters. The molecule has 1 aromatic carbocycles. The van der Waals surface area contributed by atoms with Gasteiger partial charge < -0.3 is 10.5 Å². The second kappa shape index (κ2) is 5.98. The van der Waals surface area contributed by atoms with E-state index < -0.39 is 0 Å². The van der Waals surface area contributed by atoms with Gasteiger partial charge in [-0.15, -0.1) is 0 Å². The number of hydrogen-bond acceptors (Lipinski definition) is 4. The number of hydrogen-bond donors (Lipinski definition) is 1. The van der Waals surface area contributed by atoms with Gasteiger partial charge in [0.05, 0.1) is 0 Å². The number of nitrogens with two attached hydrogens (primary N) is 1. The molecule has 2 rings (SSSR count). The van der Waals surface area contributed by atoms with Crippen LogP contribution in [0.15, 0.2) is 42.6 Å². The molecule has 0 saturated carbocycles. The highest BCUT2D eigenvalue weighted by molar-refractivity contribution is 5.35. The van der Waals surface area contributed by atoms with Crippen molar-refractivity contribution in [3.8, 4) is 11.8 Å². The smallest absolute Gasteiger partial charge is 0.140 e. The van der Waals surface area contributed by atoms with Gasteiger partial charge in [-0.1, -0.05) is 18.2 Å². The minimum Gasteiger partial charge on any atom is -0.489 e. The number of ether oxygens (including phenoxy) is 1. The Hall–Kier alpha value is -2.38. The maximum absolute atomic E-state index is 8.79. The zero-order valence-corrected chi connectivity index (χ0v) is 10.7. The van der Waals surface area contributed by atoms with Crippen molar-refractivity contribution in [1.29, 1.82) is 5.26 Å². The zero-order chi connectivity index (χ0) is 13.7. The fraction of sp³-hybridized carbons (Fsp3) is 0.200. The molecule has 0 bridgehead atoms. The third kappa shape index (κ3) is 3.30. The van der Waals surface area contributed by atoms with Crippen LogP contribution in [0.3, 0.4) is 0 Å². The Labute approximate surface area is 112 Å². The lowest BCUT2D eigenvalue weighted by Crippen LogP contribution is -2.08. The molecule has 4 heteroatoms. The van der Waals surface area contributed by atoms with E-state index in [2.05, 4.69) is 4.98 Å². The Bertz CT molecular complexity index is 602. The van der Waals surface area contributed by atoms with Gasteiger partial charge in [-0.25, -0.2) is 4.98 Å². The summed E-state index contributed by atoms with van der Waals surface area (Å²) in [6, 6.07) is 13.2. The monoisotopic (exact) mass is 253 g/mol. The number of para-hydroxylation sites is 1. The average Bonchev–Trinajstić information content (AvgIpc) is 2.45. The van der Waals surface area contributed by atoms with Gasteiger partial charge in [-0.3, -0.25) is 0 Å². The van der Waals surface area contributed by atoms with E-state index in [1.165, 1.54) is 0 Å². The summed E-state index contributed by atoms with van der Waals surface area (Å²) < 4.78 is 5.77. The van der Waals surface area contributed by atoms with Crippen molar-refractivity contribution < 1.29 is 4.74 Å². The first-order valence-electron chi connectivity index (χ1n) is 6.03. The van der Waals surface area contributed by atoms with E-state index in [9.17, 15) is 0 Å². The topological polar surface area (TPSA) is 71.9 Å². The fourth-order valence-corrected chi connectivity index (χ4v) is 1.77. The molecular formula is C15H15N3O. The zero-order valence-electron chi connectivity index (χ0n) is 10.7. The summed E-state index contributed by atoms with van der Waals surface area (Å²) in [6.45, 7) is 2.31. The van der Waals surface area contributed by atoms with Crippen molar-refractivity contribution in [2.45, 2.75) is 19.6 Å². The Balaban J connectivity index is 2.12. The molecule has 0 spiro atoms. The summed E-state index contributed by atoms with van der Waals surface area (Å²) in [4.78, 5) is 3.92. The molecule has 1 aromatic heterocycles. The molecule has 0 saturated heterocycles. The summed E-state index contributed by atoms with van der Waals surface area (Å²) in [5.74, 6) is 0.771. The van der Waals surface area contributed by atoms with Crippen molar-refractivity contribution >= 4 is 0 Å². The van der Waals surface area contributed by atoms with Crippen LogP contribution in [0, 0.1) is 11.3 Å². The predicted octanol–water partition coefficient (Wildman–Crippen LogP) is 2.55. The van der Waals surface area contributed by atoms with Gasteiger partial charge in [0.1, 0.15) is 24.1 Å². The number of nitrogens with zero attached hydrogens (tertiary/aromatic N) is 2. The van der Waals surface area contributed by atoms with Crippen LogP contribution in [0.5, 0.6) is 5.75 Å². The van der Waals surface area contributed by atoms with Gasteiger partial charge in [0.25, 0.3) is 0 Å². The van der Waals surface area contributed by atoms with Gasteiger partial charge in [0.2, 0.25) is 0 Å². The maximum Gasteiger partial charge on any atom is 0.140 e. The number of nitriles is 1. The van der Waals surface area contributed by atoms with Gasteiger partial charge in [0, 0.05) is 17.8 Å². The highest BCUT2D eigenvalue weighted by Gasteiger charge is 2.07. The molecule has 19 heavy (non-hydrogen) atoms. The normalized spacial score (nSPS) is 11.6. The van der Waals surface area contributed by atoms with Crippen molar-refractivity contribution in [2.24, 2.45) is 5.73 Å². The van der Waals surface area contributed by atoms with Gasteiger partial charge in [-0.05, 0) is 30.7 Å². The number of aromatic nitrogens is 1. The van der Waals surface area contributed by atoms with E-state index in [-0.39, 0.29) is 6.04 Å². The van der Waals surface area contributed by atoms with E-state index in [1.807, 2.05) is 43.3 Å². The first kappa shape index (κ1) is 13.1. The van der Waals surface area contributed by atoms with Crippen molar-refractivity contribution in [3.63, 3.8) is 0 Å². The number of rotatable bonds is 4. The van der Waals surface area contributed by atoms with Crippen LogP contribution in [0.4, 0.5) is 0 Å². The molecule has 0 amide bonds. The molecule has 2 N–H and O–H groups in total. The van der Waals surface area contributed by atoms with E-state index in [4.69, 9.17) is 15.7 Å². The Kier molecular flexibility index (Phi) is 4.11. The summed E-state index contributed by atoms with van der Waals surface area (Å²) in [5.41, 5.74) is 8.16. The third-order valence-electron chi connectivity index (χ3n) is 2.74. The van der Waals surface area contributed by atoms with E-state index in [0.29, 0.717) is 12.3 Å². The van der Waals surface area contributed by atoms with E-state index in [1.54, 1.807) is 12.3 Å². The standard InChI is InChI=1S/C15H15N3O/c1-11(17)14-4-2-3-5-15(14)19-10-12-6-7-18-13(8-12)9-16/h2-8,11H,10,17H2,1H3/t11-/m0/s1. The molecule has 1 heterocycles. The lowest BCUT2D eigenvalue weighted by atomic mass is 10.1. The van der Waals surface area contributed by atoms with E-state index in [0.717, 1.165) is 16.9 Å². The number of pyridine rings is 1. The Morgan fingerprint density at radius 1 is 1.37 bits per heavy atom. The Morgan fingerprint density at radius 3 is 2.89 bits per heavy atom. The quantitative estimate of drug-likeness (QED) is 0.908. The summed E-state index contributed by atoms with van der Waals surface area (Å²) in [5, 5.41) is 8.79. The first-order chi connectivity index (χ1) is 9.20. The average molecular weight is 253 g/mol. The second-order valence-corrected chi connectivity index (χ2v) is 4.28. The van der Waals surface area contributed by atoms with Crippen LogP contribution >= 0.6 is 0 Å². The number of benzene rings is 1. The molecule has 0 radical (unpaired) electrons. The molecule has 4 nitrogen and oxygen atoms in total. The maximum atomic E-state index is 8.79. The van der Waals surface area contributed by atoms with Gasteiger partial charge >= 0.3 is 0 Å². The molecule has 0 aliphatic carbocycles. The van der Waals surface area contributed by atoms with Crippen LogP contribution in [0.1, 0.15) is 29.8 Å². The lowest BCUT2D eigenvalue weighted by molar-refractivity contribution is 0.301. The van der Waals surface area contributed by atoms with Crippen LogP contribution in [-0.4, -0.2) is 4.98 Å². The minimum atomic E-state index is -0.0803. The SMILES string of the molecule is C[C@H](N)c1ccccc1OCc1ccnc(C#N)c1. The second-order valence-electron chi connectivity index (χ2n) is 4.28. The van der Waals surface area contributed by atoms with Crippen LogP contribution in [-0.2, 0) is 6.61 Å². The molecule has 0 unspecified atom stereocenters. The summed E-state index contributed by atoms with van der Waals surface area (Å²) in [7, 11) is 0. The first-order valence-corrected chi connectivity index (χ1v) is 6.03. The molecule has 0 aliphatic heterocycles. The van der Waals surface area contributed by atoms with Crippen LogP contribution in [0.2, 0.25) is 0 Å². The molecule has 0 aliphatic rings. The minimum absolute atomic E-state index is 0.0803. The molecule has 2 aromatic rings. The predicted molar refractivity (Wildman–Crippen MR) is 72.3 cm³/mol. The van der Waals surface area contributed by atoms with Crippen molar-refractivity contribution in [3.05, 3.63) is 59.4 Å². The molecule has 96 valence electrons. The summed E-state index contributed by atoms with van der Waals surface area (Å²) >= 11 is 0. The third-order valence-corrected chi connectivity index (χ3v) is 2.74. The van der Waals surface area contributed by atoms with E-state index >= 15 is 0 Å².